The van der Waals surface area contributed by atoms with Crippen LogP contribution in [0.25, 0.3) is 16.2 Å². The Labute approximate surface area is 186 Å². The highest BCUT2D eigenvalue weighted by atomic mass is 17.2. The standard InChI is InChI=1S/C25H36N4O2/c1-7-19-12-17(3)21(18(4)13-19)14-22(23(26-5)15-31-30-6)25-27-24(28-29-25)20-10-8-16(2)9-11-20/h8-11,17-19,21-23H,7,12-15H2,1-4,6H3,(H,27,28,29). The van der Waals surface area contributed by atoms with Crippen molar-refractivity contribution < 1.29 is 9.78 Å². The van der Waals surface area contributed by atoms with Crippen LogP contribution in [0.5, 0.6) is 0 Å². The maximum atomic E-state index is 7.82. The summed E-state index contributed by atoms with van der Waals surface area (Å²) in [6.45, 7) is 17.1. The monoisotopic (exact) mass is 424 g/mol. The molecule has 0 bridgehead atoms. The molecule has 0 aliphatic heterocycles. The Bertz CT molecular complexity index is 845. The van der Waals surface area contributed by atoms with Gasteiger partial charge in [0.2, 0.25) is 0 Å². The van der Waals surface area contributed by atoms with Crippen LogP contribution in [0.2, 0.25) is 0 Å². The van der Waals surface area contributed by atoms with Crippen LogP contribution in [0.15, 0.2) is 24.3 Å². The first-order chi connectivity index (χ1) is 15.0. The Balaban J connectivity index is 1.86. The molecule has 31 heavy (non-hydrogen) atoms. The second-order valence-corrected chi connectivity index (χ2v) is 9.26. The molecule has 4 unspecified atom stereocenters. The van der Waals surface area contributed by atoms with Crippen LogP contribution >= 0.6 is 0 Å². The van der Waals surface area contributed by atoms with Gasteiger partial charge in [-0.3, -0.25) is 5.10 Å². The number of nitrogens with one attached hydrogen (secondary N) is 1. The van der Waals surface area contributed by atoms with E-state index in [4.69, 9.17) is 21.3 Å². The summed E-state index contributed by atoms with van der Waals surface area (Å²) in [5.74, 6) is 3.99. The molecule has 1 heterocycles. The predicted octanol–water partition coefficient (Wildman–Crippen LogP) is 5.83. The Kier molecular flexibility index (Phi) is 8.22. The normalized spacial score (nSPS) is 25.7. The number of hydrogen-bond acceptors (Lipinski definition) is 4. The first-order valence-corrected chi connectivity index (χ1v) is 11.5. The van der Waals surface area contributed by atoms with E-state index in [1.807, 2.05) is 12.1 Å². The SMILES string of the molecule is [C-]#[N+]C(COOC)C(CC1C(C)CC(CC)CC1C)c1nc(-c2ccc(C)cc2)n[nH]1. The summed E-state index contributed by atoms with van der Waals surface area (Å²) >= 11 is 0. The molecule has 1 fully saturated rings. The summed E-state index contributed by atoms with van der Waals surface area (Å²) in [7, 11) is 1.48. The second kappa shape index (κ2) is 10.9. The highest BCUT2D eigenvalue weighted by Crippen LogP contribution is 2.44. The summed E-state index contributed by atoms with van der Waals surface area (Å²) in [5, 5.41) is 7.63. The number of aromatic amines is 1. The van der Waals surface area contributed by atoms with Crippen LogP contribution in [0.4, 0.5) is 0 Å². The molecule has 6 nitrogen and oxygen atoms in total. The van der Waals surface area contributed by atoms with Gasteiger partial charge in [-0.2, -0.15) is 5.10 Å². The van der Waals surface area contributed by atoms with Gasteiger partial charge in [0.25, 0.3) is 6.04 Å². The fourth-order valence-electron chi connectivity index (χ4n) is 5.25. The number of aromatic nitrogens is 3. The van der Waals surface area contributed by atoms with Gasteiger partial charge in [-0.15, -0.1) is 0 Å². The molecule has 1 aromatic carbocycles. The molecule has 3 rings (SSSR count). The van der Waals surface area contributed by atoms with Gasteiger partial charge in [-0.05, 0) is 49.9 Å². The quantitative estimate of drug-likeness (QED) is 0.313. The third-order valence-corrected chi connectivity index (χ3v) is 7.13. The molecule has 1 aliphatic carbocycles. The molecule has 1 aliphatic rings. The number of hydrogen-bond donors (Lipinski definition) is 1. The van der Waals surface area contributed by atoms with Crippen LogP contribution < -0.4 is 0 Å². The summed E-state index contributed by atoms with van der Waals surface area (Å²) < 4.78 is 0. The fourth-order valence-corrected chi connectivity index (χ4v) is 5.25. The number of rotatable bonds is 9. The predicted molar refractivity (Wildman–Crippen MR) is 122 cm³/mol. The van der Waals surface area contributed by atoms with E-state index in [9.17, 15) is 0 Å². The number of H-pyrrole nitrogens is 1. The van der Waals surface area contributed by atoms with Gasteiger partial charge in [-0.25, -0.2) is 21.3 Å². The van der Waals surface area contributed by atoms with Crippen LogP contribution in [0.3, 0.4) is 0 Å². The van der Waals surface area contributed by atoms with E-state index in [1.165, 1.54) is 31.9 Å². The first kappa shape index (κ1) is 23.4. The molecular weight excluding hydrogens is 388 g/mol. The van der Waals surface area contributed by atoms with Crippen molar-refractivity contribution in [2.24, 2.45) is 23.7 Å². The number of benzene rings is 1. The molecule has 4 atom stereocenters. The van der Waals surface area contributed by atoms with E-state index in [1.54, 1.807) is 0 Å². The van der Waals surface area contributed by atoms with Crippen molar-refractivity contribution >= 4 is 0 Å². The molecule has 2 aromatic rings. The number of aryl methyl sites for hydroxylation is 1. The topological polar surface area (TPSA) is 64.4 Å². The second-order valence-electron chi connectivity index (χ2n) is 9.26. The molecule has 0 radical (unpaired) electrons. The van der Waals surface area contributed by atoms with E-state index >= 15 is 0 Å². The average molecular weight is 425 g/mol. The van der Waals surface area contributed by atoms with Gasteiger partial charge < -0.3 is 4.85 Å². The molecule has 1 aromatic heterocycles. The average Bonchev–Trinajstić information content (AvgIpc) is 3.25. The lowest BCUT2D eigenvalue weighted by Gasteiger charge is -2.40. The smallest absolute Gasteiger partial charge is 0.259 e. The Morgan fingerprint density at radius 3 is 2.45 bits per heavy atom. The molecule has 0 spiro atoms. The van der Waals surface area contributed by atoms with Crippen LogP contribution in [0.1, 0.15) is 63.8 Å². The zero-order valence-corrected chi connectivity index (χ0v) is 19.5. The minimum Gasteiger partial charge on any atom is -0.310 e. The third kappa shape index (κ3) is 5.72. The molecule has 6 heteroatoms. The van der Waals surface area contributed by atoms with Gasteiger partial charge in [0, 0.05) is 5.56 Å². The van der Waals surface area contributed by atoms with Crippen LogP contribution in [-0.4, -0.2) is 34.9 Å². The molecule has 0 saturated heterocycles. The first-order valence-electron chi connectivity index (χ1n) is 11.5. The van der Waals surface area contributed by atoms with Gasteiger partial charge in [0.05, 0.1) is 13.0 Å². The molecule has 1 N–H and O–H groups in total. The van der Waals surface area contributed by atoms with Crippen molar-refractivity contribution in [1.29, 1.82) is 0 Å². The van der Waals surface area contributed by atoms with Crippen molar-refractivity contribution in [2.75, 3.05) is 13.7 Å². The van der Waals surface area contributed by atoms with Crippen molar-refractivity contribution in [1.82, 2.24) is 15.2 Å². The minimum absolute atomic E-state index is 0.0765. The zero-order valence-electron chi connectivity index (χ0n) is 19.5. The molecular formula is C25H36N4O2. The van der Waals surface area contributed by atoms with Crippen LogP contribution in [-0.2, 0) is 9.78 Å². The van der Waals surface area contributed by atoms with E-state index in [0.717, 1.165) is 23.7 Å². The van der Waals surface area contributed by atoms with E-state index in [-0.39, 0.29) is 18.6 Å². The highest BCUT2D eigenvalue weighted by Gasteiger charge is 2.39. The van der Waals surface area contributed by atoms with E-state index < -0.39 is 0 Å². The Morgan fingerprint density at radius 1 is 1.19 bits per heavy atom. The maximum Gasteiger partial charge on any atom is 0.259 e. The zero-order chi connectivity index (χ0) is 22.4. The van der Waals surface area contributed by atoms with E-state index in [0.29, 0.717) is 23.6 Å². The lowest BCUT2D eigenvalue weighted by molar-refractivity contribution is -0.274. The summed E-state index contributed by atoms with van der Waals surface area (Å²) in [6, 6.07) is 7.82. The third-order valence-electron chi connectivity index (χ3n) is 7.13. The van der Waals surface area contributed by atoms with Gasteiger partial charge >= 0.3 is 0 Å². The fraction of sp³-hybridized carbons (Fsp3) is 0.640. The number of nitrogens with zero attached hydrogens (tertiary/aromatic N) is 3. The molecule has 168 valence electrons. The summed E-state index contributed by atoms with van der Waals surface area (Å²) in [4.78, 5) is 18.7. The van der Waals surface area contributed by atoms with Gasteiger partial charge in [0.1, 0.15) is 5.82 Å². The molecule has 0 amide bonds. The van der Waals surface area contributed by atoms with Crippen molar-refractivity contribution in [3.8, 4) is 11.4 Å². The van der Waals surface area contributed by atoms with Crippen molar-refractivity contribution in [3.63, 3.8) is 0 Å². The Hall–Kier alpha value is -2.23. The van der Waals surface area contributed by atoms with E-state index in [2.05, 4.69) is 54.9 Å². The largest absolute Gasteiger partial charge is 0.310 e. The molecule has 1 saturated carbocycles. The Morgan fingerprint density at radius 2 is 1.87 bits per heavy atom. The maximum absolute atomic E-state index is 7.82. The summed E-state index contributed by atoms with van der Waals surface area (Å²) in [6.07, 6.45) is 4.68. The van der Waals surface area contributed by atoms with Crippen molar-refractivity contribution in [3.05, 3.63) is 47.1 Å². The lowest BCUT2D eigenvalue weighted by Crippen LogP contribution is -2.34. The van der Waals surface area contributed by atoms with Crippen molar-refractivity contribution in [2.45, 2.75) is 65.3 Å². The lowest BCUT2D eigenvalue weighted by atomic mass is 9.65. The summed E-state index contributed by atoms with van der Waals surface area (Å²) in [5.41, 5.74) is 2.18. The van der Waals surface area contributed by atoms with Crippen LogP contribution in [0, 0.1) is 37.2 Å². The van der Waals surface area contributed by atoms with Gasteiger partial charge in [-0.1, -0.05) is 57.0 Å². The van der Waals surface area contributed by atoms with Gasteiger partial charge in [0.15, 0.2) is 12.4 Å². The minimum atomic E-state index is -0.373. The highest BCUT2D eigenvalue weighted by molar-refractivity contribution is 5.54.